The average Bonchev–Trinajstić information content (AvgIpc) is 2.42. The van der Waals surface area contributed by atoms with E-state index < -0.39 is 34.2 Å². The van der Waals surface area contributed by atoms with Crippen LogP contribution in [-0.2, 0) is 28.6 Å². The molecule has 6 nitrogen and oxygen atoms in total. The first-order valence-corrected chi connectivity index (χ1v) is 6.20. The molecule has 116 valence electrons. The molecule has 0 N–H and O–H groups in total. The highest BCUT2D eigenvalue weighted by molar-refractivity contribution is 5.93. The number of ether oxygens (including phenoxy) is 3. The highest BCUT2D eigenvalue weighted by atomic mass is 16.5. The van der Waals surface area contributed by atoms with Gasteiger partial charge < -0.3 is 14.2 Å². The molecule has 0 spiro atoms. The van der Waals surface area contributed by atoms with Gasteiger partial charge in [-0.2, -0.15) is 0 Å². The third-order valence-electron chi connectivity index (χ3n) is 4.49. The lowest BCUT2D eigenvalue weighted by Crippen LogP contribution is -2.59. The predicted octanol–water partition coefficient (Wildman–Crippen LogP) is 1.56. The largest absolute Gasteiger partial charge is 0.469 e. The normalized spacial score (nSPS) is 12.6. The van der Waals surface area contributed by atoms with Gasteiger partial charge >= 0.3 is 17.9 Å². The van der Waals surface area contributed by atoms with Crippen LogP contribution in [0.3, 0.4) is 0 Å². The molecule has 0 saturated carbocycles. The summed E-state index contributed by atoms with van der Waals surface area (Å²) in [6.07, 6.45) is 0. The summed E-state index contributed by atoms with van der Waals surface area (Å²) >= 11 is 0. The van der Waals surface area contributed by atoms with E-state index in [0.717, 1.165) is 0 Å². The summed E-state index contributed by atoms with van der Waals surface area (Å²) < 4.78 is 14.4. The number of hydrogen-bond acceptors (Lipinski definition) is 6. The molecule has 0 aliphatic rings. The van der Waals surface area contributed by atoms with E-state index in [1.165, 1.54) is 28.3 Å². The molecular formula is C14H24O6. The summed E-state index contributed by atoms with van der Waals surface area (Å²) in [7, 11) is 3.67. The van der Waals surface area contributed by atoms with Gasteiger partial charge in [0.05, 0.1) is 37.6 Å². The summed E-state index contributed by atoms with van der Waals surface area (Å²) in [6.45, 7) is 7.68. The van der Waals surface area contributed by atoms with Crippen molar-refractivity contribution in [1.29, 1.82) is 0 Å². The fraction of sp³-hybridized carbons (Fsp3) is 0.786. The van der Waals surface area contributed by atoms with Crippen molar-refractivity contribution < 1.29 is 28.6 Å². The summed E-state index contributed by atoms with van der Waals surface area (Å²) in [5, 5.41) is 0. The number of hydrogen-bond donors (Lipinski definition) is 0. The number of methoxy groups -OCH3 is 3. The highest BCUT2D eigenvalue weighted by Crippen LogP contribution is 2.53. The maximum Gasteiger partial charge on any atom is 0.313 e. The van der Waals surface area contributed by atoms with E-state index in [0.29, 0.717) is 0 Å². The molecule has 0 aliphatic heterocycles. The number of esters is 3. The van der Waals surface area contributed by atoms with Gasteiger partial charge in [0.15, 0.2) is 0 Å². The van der Waals surface area contributed by atoms with Gasteiger partial charge in [0.1, 0.15) is 0 Å². The van der Waals surface area contributed by atoms with Crippen molar-refractivity contribution >= 4 is 17.9 Å². The second-order valence-corrected chi connectivity index (χ2v) is 5.85. The van der Waals surface area contributed by atoms with Crippen LogP contribution in [0.5, 0.6) is 0 Å². The van der Waals surface area contributed by atoms with E-state index in [9.17, 15) is 14.4 Å². The molecule has 0 amide bonds. The van der Waals surface area contributed by atoms with Gasteiger partial charge in [-0.1, -0.05) is 0 Å². The molecule has 0 fully saturated rings. The average molecular weight is 288 g/mol. The Bertz CT molecular complexity index is 380. The summed E-state index contributed by atoms with van der Waals surface area (Å²) in [6, 6.07) is 0. The van der Waals surface area contributed by atoms with Crippen molar-refractivity contribution in [2.45, 2.75) is 34.6 Å². The Hall–Kier alpha value is -1.59. The van der Waals surface area contributed by atoms with Crippen LogP contribution in [0.25, 0.3) is 0 Å². The topological polar surface area (TPSA) is 78.9 Å². The predicted molar refractivity (Wildman–Crippen MR) is 71.7 cm³/mol. The van der Waals surface area contributed by atoms with E-state index in [1.807, 2.05) is 0 Å². The van der Waals surface area contributed by atoms with E-state index in [4.69, 9.17) is 14.2 Å². The molecule has 0 aliphatic carbocycles. The minimum Gasteiger partial charge on any atom is -0.469 e. The second kappa shape index (κ2) is 5.81. The quantitative estimate of drug-likeness (QED) is 0.564. The van der Waals surface area contributed by atoms with Crippen LogP contribution in [0.1, 0.15) is 34.6 Å². The standard InChI is InChI=1S/C14H24O6/c1-12(2,9(15)18-6)14(5,11(17)20-8)13(3,4)10(16)19-7/h1-8H3. The van der Waals surface area contributed by atoms with Gasteiger partial charge in [-0.3, -0.25) is 14.4 Å². The van der Waals surface area contributed by atoms with Crippen LogP contribution in [0.2, 0.25) is 0 Å². The SMILES string of the molecule is COC(=O)C(C)(C)C(C)(C(=O)OC)C(C)(C)C(=O)OC. The van der Waals surface area contributed by atoms with Crippen LogP contribution < -0.4 is 0 Å². The van der Waals surface area contributed by atoms with Crippen LogP contribution >= 0.6 is 0 Å². The van der Waals surface area contributed by atoms with Crippen molar-refractivity contribution in [3.05, 3.63) is 0 Å². The number of rotatable bonds is 5. The fourth-order valence-electron chi connectivity index (χ4n) is 2.41. The first-order valence-electron chi connectivity index (χ1n) is 6.20. The van der Waals surface area contributed by atoms with Crippen molar-refractivity contribution in [3.63, 3.8) is 0 Å². The molecule has 0 unspecified atom stereocenters. The third-order valence-corrected chi connectivity index (χ3v) is 4.49. The van der Waals surface area contributed by atoms with Gasteiger partial charge in [-0.25, -0.2) is 0 Å². The molecule has 0 bridgehead atoms. The Kier molecular flexibility index (Phi) is 5.35. The molecule has 0 aromatic heterocycles. The molecule has 0 rings (SSSR count). The molecule has 0 radical (unpaired) electrons. The number of carbonyl (C=O) groups excluding carboxylic acids is 3. The first-order chi connectivity index (χ1) is 8.94. The van der Waals surface area contributed by atoms with Gasteiger partial charge in [-0.05, 0) is 34.6 Å². The lowest BCUT2D eigenvalue weighted by molar-refractivity contribution is -0.193. The van der Waals surface area contributed by atoms with E-state index in [1.54, 1.807) is 27.7 Å². The van der Waals surface area contributed by atoms with Gasteiger partial charge in [0, 0.05) is 0 Å². The second-order valence-electron chi connectivity index (χ2n) is 5.85. The van der Waals surface area contributed by atoms with Crippen LogP contribution in [-0.4, -0.2) is 39.2 Å². The fourth-order valence-corrected chi connectivity index (χ4v) is 2.41. The summed E-state index contributed by atoms with van der Waals surface area (Å²) in [4.78, 5) is 36.5. The smallest absolute Gasteiger partial charge is 0.313 e. The van der Waals surface area contributed by atoms with Crippen molar-refractivity contribution in [2.24, 2.45) is 16.2 Å². The first kappa shape index (κ1) is 18.4. The van der Waals surface area contributed by atoms with Crippen LogP contribution in [0, 0.1) is 16.2 Å². The van der Waals surface area contributed by atoms with Crippen molar-refractivity contribution in [3.8, 4) is 0 Å². The highest BCUT2D eigenvalue weighted by Gasteiger charge is 2.64. The Labute approximate surface area is 119 Å². The Morgan fingerprint density at radius 1 is 0.600 bits per heavy atom. The molecule has 0 aromatic rings. The minimum atomic E-state index is -1.46. The third kappa shape index (κ3) is 2.39. The summed E-state index contributed by atoms with van der Waals surface area (Å²) in [5.74, 6) is -1.90. The molecule has 20 heavy (non-hydrogen) atoms. The maximum atomic E-state index is 12.3. The minimum absolute atomic E-state index is 0.609. The lowest BCUT2D eigenvalue weighted by Gasteiger charge is -2.47. The molecule has 0 saturated heterocycles. The molecule has 0 heterocycles. The molecule has 0 atom stereocenters. The molecule has 0 aromatic carbocycles. The van der Waals surface area contributed by atoms with E-state index in [2.05, 4.69) is 0 Å². The Morgan fingerprint density at radius 2 is 0.850 bits per heavy atom. The zero-order chi connectivity index (χ0) is 16.4. The van der Waals surface area contributed by atoms with Crippen LogP contribution in [0.15, 0.2) is 0 Å². The summed E-state index contributed by atoms with van der Waals surface area (Å²) in [5.41, 5.74) is -4.03. The molecule has 6 heteroatoms. The zero-order valence-corrected chi connectivity index (χ0v) is 13.4. The van der Waals surface area contributed by atoms with Crippen molar-refractivity contribution in [1.82, 2.24) is 0 Å². The van der Waals surface area contributed by atoms with Gasteiger partial charge in [-0.15, -0.1) is 0 Å². The lowest BCUT2D eigenvalue weighted by atomic mass is 9.53. The van der Waals surface area contributed by atoms with Gasteiger partial charge in [0.2, 0.25) is 0 Å². The van der Waals surface area contributed by atoms with E-state index in [-0.39, 0.29) is 0 Å². The number of carbonyl (C=O) groups is 3. The van der Waals surface area contributed by atoms with Crippen LogP contribution in [0.4, 0.5) is 0 Å². The Balaban J connectivity index is 6.22. The van der Waals surface area contributed by atoms with E-state index >= 15 is 0 Å². The monoisotopic (exact) mass is 288 g/mol. The van der Waals surface area contributed by atoms with Gasteiger partial charge in [0.25, 0.3) is 0 Å². The maximum absolute atomic E-state index is 12.3. The zero-order valence-electron chi connectivity index (χ0n) is 13.4. The van der Waals surface area contributed by atoms with Crippen molar-refractivity contribution in [2.75, 3.05) is 21.3 Å². The Morgan fingerprint density at radius 3 is 1.05 bits per heavy atom. The molecular weight excluding hydrogens is 264 g/mol.